The van der Waals surface area contributed by atoms with E-state index >= 15 is 0 Å². The van der Waals surface area contributed by atoms with Crippen LogP contribution < -0.4 is 10.9 Å². The summed E-state index contributed by atoms with van der Waals surface area (Å²) in [5, 5.41) is 7.61. The Morgan fingerprint density at radius 2 is 2.20 bits per heavy atom. The van der Waals surface area contributed by atoms with Crippen molar-refractivity contribution in [1.82, 2.24) is 14.7 Å². The monoisotopic (exact) mass is 342 g/mol. The summed E-state index contributed by atoms with van der Waals surface area (Å²) in [6, 6.07) is 0. The lowest BCUT2D eigenvalue weighted by molar-refractivity contribution is 0.367. The fourth-order valence-electron chi connectivity index (χ4n) is 2.16. The molecule has 1 saturated carbocycles. The van der Waals surface area contributed by atoms with Gasteiger partial charge in [0.05, 0.1) is 18.4 Å². The van der Waals surface area contributed by atoms with Crippen LogP contribution in [0.25, 0.3) is 0 Å². The van der Waals surface area contributed by atoms with Gasteiger partial charge in [-0.1, -0.05) is 6.92 Å². The highest BCUT2D eigenvalue weighted by Crippen LogP contribution is 2.48. The number of hydrogen-bond acceptors (Lipinski definition) is 4. The molecule has 1 aromatic heterocycles. The standard InChI is InChI=1S/C14H23BrN4O/c1-4-14(5-6-14)10-16-11-9-17-19(8-7-18(2)3)13(20)12(11)15/h9,16H,4-8,10H2,1-3H3. The third-order valence-corrected chi connectivity index (χ3v) is 4.87. The van der Waals surface area contributed by atoms with Crippen LogP contribution in [-0.4, -0.2) is 41.9 Å². The van der Waals surface area contributed by atoms with Gasteiger partial charge in [-0.3, -0.25) is 4.79 Å². The minimum atomic E-state index is -0.0711. The Balaban J connectivity index is 2.04. The maximum Gasteiger partial charge on any atom is 0.283 e. The van der Waals surface area contributed by atoms with Gasteiger partial charge in [-0.2, -0.15) is 5.10 Å². The second kappa shape index (κ2) is 6.26. The van der Waals surface area contributed by atoms with Crippen LogP contribution in [0.3, 0.4) is 0 Å². The summed E-state index contributed by atoms with van der Waals surface area (Å²) in [5.41, 5.74) is 1.17. The van der Waals surface area contributed by atoms with E-state index in [0.29, 0.717) is 16.4 Å². The van der Waals surface area contributed by atoms with Gasteiger partial charge in [0.2, 0.25) is 0 Å². The Morgan fingerprint density at radius 3 is 2.75 bits per heavy atom. The lowest BCUT2D eigenvalue weighted by Crippen LogP contribution is -2.29. The summed E-state index contributed by atoms with van der Waals surface area (Å²) < 4.78 is 2.08. The number of aromatic nitrogens is 2. The van der Waals surface area contributed by atoms with E-state index < -0.39 is 0 Å². The third kappa shape index (κ3) is 3.61. The van der Waals surface area contributed by atoms with Gasteiger partial charge in [-0.05, 0) is 54.7 Å². The van der Waals surface area contributed by atoms with Crippen molar-refractivity contribution in [3.05, 3.63) is 21.0 Å². The lowest BCUT2D eigenvalue weighted by atomic mass is 10.0. The molecule has 0 saturated heterocycles. The molecule has 1 fully saturated rings. The van der Waals surface area contributed by atoms with Crippen molar-refractivity contribution in [2.24, 2.45) is 5.41 Å². The Hall–Kier alpha value is -0.880. The minimum absolute atomic E-state index is 0.0711. The van der Waals surface area contributed by atoms with Crippen molar-refractivity contribution < 1.29 is 0 Å². The van der Waals surface area contributed by atoms with E-state index in [1.165, 1.54) is 23.9 Å². The average molecular weight is 343 g/mol. The Bertz CT molecular complexity index is 522. The average Bonchev–Trinajstić information content (AvgIpc) is 3.20. The van der Waals surface area contributed by atoms with E-state index in [1.807, 2.05) is 19.0 Å². The van der Waals surface area contributed by atoms with Gasteiger partial charge < -0.3 is 10.2 Å². The predicted molar refractivity (Wildman–Crippen MR) is 85.2 cm³/mol. The molecule has 1 aliphatic carbocycles. The molecule has 6 heteroatoms. The normalized spacial score (nSPS) is 16.4. The number of anilines is 1. The summed E-state index contributed by atoms with van der Waals surface area (Å²) in [6.07, 6.45) is 5.49. The van der Waals surface area contributed by atoms with Crippen molar-refractivity contribution in [2.75, 3.05) is 32.5 Å². The van der Waals surface area contributed by atoms with E-state index in [-0.39, 0.29) is 5.56 Å². The molecule has 112 valence electrons. The number of likely N-dealkylation sites (N-methyl/N-ethyl adjacent to an activating group) is 1. The van der Waals surface area contributed by atoms with Crippen LogP contribution in [0, 0.1) is 5.41 Å². The lowest BCUT2D eigenvalue weighted by Gasteiger charge is -2.16. The highest BCUT2D eigenvalue weighted by molar-refractivity contribution is 9.10. The molecule has 0 unspecified atom stereocenters. The zero-order valence-electron chi connectivity index (χ0n) is 12.4. The summed E-state index contributed by atoms with van der Waals surface area (Å²) >= 11 is 3.40. The molecule has 1 aliphatic rings. The highest BCUT2D eigenvalue weighted by Gasteiger charge is 2.40. The first kappa shape index (κ1) is 15.5. The maximum atomic E-state index is 12.2. The zero-order valence-corrected chi connectivity index (χ0v) is 14.0. The van der Waals surface area contributed by atoms with E-state index in [2.05, 4.69) is 33.3 Å². The fourth-order valence-corrected chi connectivity index (χ4v) is 2.60. The summed E-state index contributed by atoms with van der Waals surface area (Å²) in [4.78, 5) is 14.2. The van der Waals surface area contributed by atoms with Crippen LogP contribution >= 0.6 is 15.9 Å². The number of nitrogens with zero attached hydrogens (tertiary/aromatic N) is 3. The summed E-state index contributed by atoms with van der Waals surface area (Å²) in [6.45, 7) is 4.54. The SMILES string of the molecule is CCC1(CNc2cnn(CCN(C)C)c(=O)c2Br)CC1. The summed E-state index contributed by atoms with van der Waals surface area (Å²) in [7, 11) is 3.96. The van der Waals surface area contributed by atoms with Gasteiger partial charge in [0.25, 0.3) is 5.56 Å². The Morgan fingerprint density at radius 1 is 1.50 bits per heavy atom. The van der Waals surface area contributed by atoms with Crippen molar-refractivity contribution in [2.45, 2.75) is 32.7 Å². The van der Waals surface area contributed by atoms with Gasteiger partial charge in [0, 0.05) is 13.1 Å². The maximum absolute atomic E-state index is 12.2. The van der Waals surface area contributed by atoms with E-state index in [4.69, 9.17) is 0 Å². The van der Waals surface area contributed by atoms with Crippen LogP contribution in [0.5, 0.6) is 0 Å². The second-order valence-electron chi connectivity index (χ2n) is 5.91. The Kier molecular flexibility index (Phi) is 4.86. The predicted octanol–water partition coefficient (Wildman–Crippen LogP) is 2.17. The van der Waals surface area contributed by atoms with Gasteiger partial charge in [0.15, 0.2) is 0 Å². The van der Waals surface area contributed by atoms with Gasteiger partial charge in [0.1, 0.15) is 4.47 Å². The zero-order chi connectivity index (χ0) is 14.8. The Labute approximate surface area is 128 Å². The molecule has 0 bridgehead atoms. The topological polar surface area (TPSA) is 50.2 Å². The molecule has 0 radical (unpaired) electrons. The molecule has 2 rings (SSSR count). The van der Waals surface area contributed by atoms with Crippen LogP contribution in [0.1, 0.15) is 26.2 Å². The smallest absolute Gasteiger partial charge is 0.283 e. The van der Waals surface area contributed by atoms with Crippen molar-refractivity contribution in [3.8, 4) is 0 Å². The van der Waals surface area contributed by atoms with Crippen molar-refractivity contribution in [3.63, 3.8) is 0 Å². The molecule has 0 aromatic carbocycles. The third-order valence-electron chi connectivity index (χ3n) is 4.10. The van der Waals surface area contributed by atoms with Crippen LogP contribution in [-0.2, 0) is 6.54 Å². The molecule has 5 nitrogen and oxygen atoms in total. The highest BCUT2D eigenvalue weighted by atomic mass is 79.9. The molecule has 1 heterocycles. The number of hydrogen-bond donors (Lipinski definition) is 1. The van der Waals surface area contributed by atoms with E-state index in [9.17, 15) is 4.79 Å². The first-order chi connectivity index (χ1) is 9.47. The molecule has 0 aliphatic heterocycles. The largest absolute Gasteiger partial charge is 0.382 e. The van der Waals surface area contributed by atoms with Gasteiger partial charge >= 0.3 is 0 Å². The molecular formula is C14H23BrN4O. The molecule has 0 spiro atoms. The molecule has 20 heavy (non-hydrogen) atoms. The fraction of sp³-hybridized carbons (Fsp3) is 0.714. The number of rotatable bonds is 7. The molecule has 1 aromatic rings. The van der Waals surface area contributed by atoms with Crippen LogP contribution in [0.4, 0.5) is 5.69 Å². The first-order valence-electron chi connectivity index (χ1n) is 7.12. The van der Waals surface area contributed by atoms with Crippen LogP contribution in [0.2, 0.25) is 0 Å². The molecule has 0 atom stereocenters. The van der Waals surface area contributed by atoms with Crippen LogP contribution in [0.15, 0.2) is 15.5 Å². The van der Waals surface area contributed by atoms with Crippen molar-refractivity contribution >= 4 is 21.6 Å². The van der Waals surface area contributed by atoms with Gasteiger partial charge in [-0.25, -0.2) is 4.68 Å². The minimum Gasteiger partial charge on any atom is -0.382 e. The quantitative estimate of drug-likeness (QED) is 0.824. The molecule has 1 N–H and O–H groups in total. The van der Waals surface area contributed by atoms with Crippen molar-refractivity contribution in [1.29, 1.82) is 0 Å². The molecule has 0 amide bonds. The van der Waals surface area contributed by atoms with E-state index in [0.717, 1.165) is 18.8 Å². The second-order valence-corrected chi connectivity index (χ2v) is 6.70. The first-order valence-corrected chi connectivity index (χ1v) is 7.91. The van der Waals surface area contributed by atoms with Gasteiger partial charge in [-0.15, -0.1) is 0 Å². The van der Waals surface area contributed by atoms with E-state index in [1.54, 1.807) is 6.20 Å². The molecular weight excluding hydrogens is 320 g/mol. The number of halogens is 1. The summed E-state index contributed by atoms with van der Waals surface area (Å²) in [5.74, 6) is 0. The number of nitrogens with one attached hydrogen (secondary N) is 1.